The van der Waals surface area contributed by atoms with E-state index in [1.165, 1.54) is 7.11 Å². The molecule has 0 amide bonds. The van der Waals surface area contributed by atoms with Crippen molar-refractivity contribution in [1.29, 1.82) is 0 Å². The molecule has 0 saturated carbocycles. The summed E-state index contributed by atoms with van der Waals surface area (Å²) in [7, 11) is 1.34. The number of ether oxygens (including phenoxy) is 2. The van der Waals surface area contributed by atoms with Crippen LogP contribution in [-0.2, 0) is 15.9 Å². The molecule has 2 heterocycles. The molecule has 94 valence electrons. The maximum Gasteiger partial charge on any atom is 0.375 e. The van der Waals surface area contributed by atoms with E-state index in [-0.39, 0.29) is 11.9 Å². The minimum atomic E-state index is -0.467. The largest absolute Gasteiger partial charge is 0.463 e. The summed E-state index contributed by atoms with van der Waals surface area (Å²) in [4.78, 5) is 15.9. The van der Waals surface area contributed by atoms with Crippen molar-refractivity contribution in [2.45, 2.75) is 38.7 Å². The molecular formula is C12H17NO4. The Hall–Kier alpha value is -1.36. The first-order chi connectivity index (χ1) is 8.26. The highest BCUT2D eigenvalue weighted by molar-refractivity contribution is 5.87. The monoisotopic (exact) mass is 239 g/mol. The lowest BCUT2D eigenvalue weighted by atomic mass is 10.2. The van der Waals surface area contributed by atoms with Crippen LogP contribution in [0, 0.1) is 0 Å². The van der Waals surface area contributed by atoms with Crippen LogP contribution in [0.3, 0.4) is 0 Å². The third-order valence-electron chi connectivity index (χ3n) is 2.78. The molecule has 1 fully saturated rings. The fraction of sp³-hybridized carbons (Fsp3) is 0.667. The Labute approximate surface area is 100 Å². The van der Waals surface area contributed by atoms with Gasteiger partial charge < -0.3 is 13.9 Å². The number of aromatic nitrogens is 1. The van der Waals surface area contributed by atoms with Gasteiger partial charge in [-0.15, -0.1) is 0 Å². The first-order valence-electron chi connectivity index (χ1n) is 5.95. The lowest BCUT2D eigenvalue weighted by molar-refractivity contribution is 0.0541. The lowest BCUT2D eigenvalue weighted by Crippen LogP contribution is -2.03. The van der Waals surface area contributed by atoms with Crippen molar-refractivity contribution in [2.75, 3.05) is 13.7 Å². The molecule has 1 aliphatic rings. The average Bonchev–Trinajstić information content (AvgIpc) is 2.96. The molecule has 1 aliphatic heterocycles. The van der Waals surface area contributed by atoms with Crippen LogP contribution in [0.2, 0.25) is 0 Å². The molecule has 0 spiro atoms. The fourth-order valence-electron chi connectivity index (χ4n) is 1.94. The Morgan fingerprint density at radius 3 is 3.00 bits per heavy atom. The summed E-state index contributed by atoms with van der Waals surface area (Å²) in [5.74, 6) is 0.261. The number of nitrogens with zero attached hydrogens (tertiary/aromatic N) is 1. The highest BCUT2D eigenvalue weighted by Gasteiger charge is 2.27. The van der Waals surface area contributed by atoms with Gasteiger partial charge in [-0.25, -0.2) is 9.78 Å². The maximum atomic E-state index is 11.5. The van der Waals surface area contributed by atoms with Crippen molar-refractivity contribution in [1.82, 2.24) is 4.98 Å². The number of rotatable bonds is 4. The van der Waals surface area contributed by atoms with Crippen LogP contribution in [0.25, 0.3) is 0 Å². The second kappa shape index (κ2) is 5.31. The van der Waals surface area contributed by atoms with Gasteiger partial charge in [0.2, 0.25) is 11.7 Å². The Balaban J connectivity index is 2.26. The first kappa shape index (κ1) is 12.1. The van der Waals surface area contributed by atoms with E-state index in [0.717, 1.165) is 25.9 Å². The van der Waals surface area contributed by atoms with E-state index in [2.05, 4.69) is 9.72 Å². The van der Waals surface area contributed by atoms with Gasteiger partial charge in [0.15, 0.2) is 0 Å². The van der Waals surface area contributed by atoms with E-state index in [0.29, 0.717) is 18.0 Å². The molecule has 2 rings (SSSR count). The average molecular weight is 239 g/mol. The van der Waals surface area contributed by atoms with Gasteiger partial charge in [0.1, 0.15) is 6.10 Å². The third kappa shape index (κ3) is 2.49. The highest BCUT2D eigenvalue weighted by atomic mass is 16.5. The molecule has 0 radical (unpaired) electrons. The second-order valence-electron chi connectivity index (χ2n) is 4.07. The predicted molar refractivity (Wildman–Crippen MR) is 59.8 cm³/mol. The second-order valence-corrected chi connectivity index (χ2v) is 4.07. The van der Waals surface area contributed by atoms with Gasteiger partial charge in [-0.3, -0.25) is 0 Å². The zero-order valence-electron chi connectivity index (χ0n) is 10.2. The van der Waals surface area contributed by atoms with Gasteiger partial charge in [-0.05, 0) is 19.3 Å². The normalized spacial score (nSPS) is 19.5. The molecular weight excluding hydrogens is 222 g/mol. The number of carbonyl (C=O) groups excluding carboxylic acids is 1. The Bertz CT molecular complexity index is 393. The topological polar surface area (TPSA) is 61.6 Å². The Morgan fingerprint density at radius 1 is 1.59 bits per heavy atom. The molecule has 17 heavy (non-hydrogen) atoms. The first-order valence-corrected chi connectivity index (χ1v) is 5.95. The minimum absolute atomic E-state index is 0.107. The molecule has 1 unspecified atom stereocenters. The van der Waals surface area contributed by atoms with E-state index in [1.807, 2.05) is 6.92 Å². The van der Waals surface area contributed by atoms with Crippen molar-refractivity contribution < 1.29 is 18.7 Å². The Morgan fingerprint density at radius 2 is 2.41 bits per heavy atom. The smallest absolute Gasteiger partial charge is 0.375 e. The van der Waals surface area contributed by atoms with E-state index in [1.54, 1.807) is 0 Å². The number of methoxy groups -OCH3 is 1. The molecule has 1 atom stereocenters. The molecule has 0 N–H and O–H groups in total. The number of hydrogen-bond donors (Lipinski definition) is 0. The van der Waals surface area contributed by atoms with Crippen LogP contribution in [0.4, 0.5) is 0 Å². The van der Waals surface area contributed by atoms with Gasteiger partial charge in [0.05, 0.1) is 12.8 Å². The summed E-state index contributed by atoms with van der Waals surface area (Å²) in [6.45, 7) is 2.76. The summed E-state index contributed by atoms with van der Waals surface area (Å²) in [6, 6.07) is 0. The quantitative estimate of drug-likeness (QED) is 0.754. The highest BCUT2D eigenvalue weighted by Crippen LogP contribution is 2.29. The van der Waals surface area contributed by atoms with Crippen LogP contribution in [-0.4, -0.2) is 24.7 Å². The number of oxazole rings is 1. The van der Waals surface area contributed by atoms with E-state index < -0.39 is 5.97 Å². The number of carbonyl (C=O) groups is 1. The molecule has 0 aromatic carbocycles. The van der Waals surface area contributed by atoms with Gasteiger partial charge in [-0.2, -0.15) is 0 Å². The predicted octanol–water partition coefficient (Wildman–Crippen LogP) is 2.27. The third-order valence-corrected chi connectivity index (χ3v) is 2.78. The maximum absolute atomic E-state index is 11.5. The molecule has 5 nitrogen and oxygen atoms in total. The molecule has 0 aliphatic carbocycles. The summed E-state index contributed by atoms with van der Waals surface area (Å²) in [5, 5.41) is 0. The van der Waals surface area contributed by atoms with Crippen LogP contribution < -0.4 is 0 Å². The van der Waals surface area contributed by atoms with Crippen molar-refractivity contribution in [3.05, 3.63) is 17.3 Å². The molecule has 1 aromatic rings. The van der Waals surface area contributed by atoms with Crippen LogP contribution in [0.15, 0.2) is 4.42 Å². The van der Waals surface area contributed by atoms with Crippen LogP contribution >= 0.6 is 0 Å². The molecule has 1 aromatic heterocycles. The van der Waals surface area contributed by atoms with Crippen molar-refractivity contribution in [3.63, 3.8) is 0 Å². The standard InChI is InChI=1S/C12H17NO4/c1-3-5-8-10(12(14)15-2)17-11(13-8)9-6-4-7-16-9/h9H,3-7H2,1-2H3. The van der Waals surface area contributed by atoms with Gasteiger partial charge in [0.25, 0.3) is 0 Å². The minimum Gasteiger partial charge on any atom is -0.463 e. The van der Waals surface area contributed by atoms with E-state index >= 15 is 0 Å². The van der Waals surface area contributed by atoms with Gasteiger partial charge in [-0.1, -0.05) is 13.3 Å². The summed E-state index contributed by atoms with van der Waals surface area (Å²) < 4.78 is 15.7. The van der Waals surface area contributed by atoms with E-state index in [9.17, 15) is 4.79 Å². The van der Waals surface area contributed by atoms with Crippen LogP contribution in [0.1, 0.15) is 54.4 Å². The number of hydrogen-bond acceptors (Lipinski definition) is 5. The van der Waals surface area contributed by atoms with Crippen LogP contribution in [0.5, 0.6) is 0 Å². The number of esters is 1. The fourth-order valence-corrected chi connectivity index (χ4v) is 1.94. The summed E-state index contributed by atoms with van der Waals surface area (Å²) in [5.41, 5.74) is 0.671. The summed E-state index contributed by atoms with van der Waals surface area (Å²) >= 11 is 0. The zero-order valence-corrected chi connectivity index (χ0v) is 10.2. The van der Waals surface area contributed by atoms with Gasteiger partial charge in [0, 0.05) is 6.61 Å². The lowest BCUT2D eigenvalue weighted by Gasteiger charge is -2.02. The van der Waals surface area contributed by atoms with Gasteiger partial charge >= 0.3 is 5.97 Å². The summed E-state index contributed by atoms with van der Waals surface area (Å²) in [6.07, 6.45) is 3.41. The van der Waals surface area contributed by atoms with E-state index in [4.69, 9.17) is 9.15 Å². The molecule has 1 saturated heterocycles. The van der Waals surface area contributed by atoms with Crippen molar-refractivity contribution >= 4 is 5.97 Å². The molecule has 5 heteroatoms. The number of aryl methyl sites for hydroxylation is 1. The zero-order chi connectivity index (χ0) is 12.3. The van der Waals surface area contributed by atoms with Crippen molar-refractivity contribution in [3.8, 4) is 0 Å². The SMILES string of the molecule is CCCc1nc(C2CCCO2)oc1C(=O)OC. The van der Waals surface area contributed by atoms with Crippen molar-refractivity contribution in [2.24, 2.45) is 0 Å². The molecule has 0 bridgehead atoms. The Kier molecular flexibility index (Phi) is 3.78.